The first-order valence-corrected chi connectivity index (χ1v) is 7.80. The molecule has 0 N–H and O–H groups in total. The Balaban J connectivity index is -0.000000196. The SMILES string of the molecule is CCCC1=[C-]Cc2ccc3c(c21)CCC3.[CH3-].[CH3-].[CH3-].[CH3-].[CH3-].[Hf].c1cc[cH-]c1. The fraction of sp³-hybridized carbons (Fsp3) is 0.280. The first-order chi connectivity index (χ1) is 9.90. The van der Waals surface area contributed by atoms with E-state index in [1.807, 2.05) is 30.3 Å². The van der Waals surface area contributed by atoms with Crippen molar-refractivity contribution in [2.45, 2.75) is 45.4 Å². The maximum atomic E-state index is 3.57. The zero-order chi connectivity index (χ0) is 13.8. The van der Waals surface area contributed by atoms with E-state index in [-0.39, 0.29) is 63.0 Å². The van der Waals surface area contributed by atoms with Gasteiger partial charge in [0.2, 0.25) is 0 Å². The standard InChI is InChI=1S/C15H17.C5H5.5CH3.Hf/c1-2-4-12-9-10-13-8-7-11-5-3-6-14(11)15(12)13;1-2-4-5-3-1;;;;;;/h7-8H,2-6,10H2,1H3;1-5H;5*1H3;/q7*-1;. The molecular weight excluding hydrogens is 479 g/mol. The van der Waals surface area contributed by atoms with Crippen LogP contribution in [0.3, 0.4) is 0 Å². The Morgan fingerprint density at radius 3 is 2.08 bits per heavy atom. The van der Waals surface area contributed by atoms with Gasteiger partial charge < -0.3 is 37.1 Å². The molecule has 0 fully saturated rings. The third-order valence-electron chi connectivity index (χ3n) is 4.22. The summed E-state index contributed by atoms with van der Waals surface area (Å²) in [5.41, 5.74) is 7.88. The van der Waals surface area contributed by atoms with Crippen molar-refractivity contribution in [3.63, 3.8) is 0 Å². The third kappa shape index (κ3) is 7.43. The number of hydrogen-bond acceptors (Lipinski definition) is 0. The molecule has 0 aliphatic heterocycles. The van der Waals surface area contributed by atoms with Crippen LogP contribution in [0.2, 0.25) is 0 Å². The molecule has 0 spiro atoms. The molecule has 2 aromatic carbocycles. The molecule has 0 saturated carbocycles. The average molecular weight is 516 g/mol. The van der Waals surface area contributed by atoms with Crippen molar-refractivity contribution in [3.05, 3.63) is 108 Å². The minimum Gasteiger partial charge on any atom is -0.358 e. The van der Waals surface area contributed by atoms with E-state index in [2.05, 4.69) is 25.1 Å². The van der Waals surface area contributed by atoms with Crippen molar-refractivity contribution < 1.29 is 25.8 Å². The van der Waals surface area contributed by atoms with Gasteiger partial charge >= 0.3 is 0 Å². The van der Waals surface area contributed by atoms with Crippen molar-refractivity contribution in [2.24, 2.45) is 0 Å². The van der Waals surface area contributed by atoms with E-state index in [1.54, 1.807) is 16.7 Å². The van der Waals surface area contributed by atoms with E-state index in [4.69, 9.17) is 0 Å². The first kappa shape index (κ1) is 32.8. The van der Waals surface area contributed by atoms with Crippen molar-refractivity contribution >= 4 is 5.57 Å². The van der Waals surface area contributed by atoms with Crippen LogP contribution in [0.5, 0.6) is 0 Å². The van der Waals surface area contributed by atoms with Crippen LogP contribution in [0.15, 0.2) is 42.5 Å². The van der Waals surface area contributed by atoms with Gasteiger partial charge in [0.25, 0.3) is 0 Å². The second-order valence-electron chi connectivity index (χ2n) is 5.64. The quantitative estimate of drug-likeness (QED) is 0.289. The Bertz CT molecular complexity index is 574. The van der Waals surface area contributed by atoms with Gasteiger partial charge in [-0.3, -0.25) is 6.08 Å². The molecule has 2 aliphatic carbocycles. The van der Waals surface area contributed by atoms with E-state index in [0.29, 0.717) is 0 Å². The third-order valence-corrected chi connectivity index (χ3v) is 4.22. The molecule has 2 aliphatic rings. The monoisotopic (exact) mass is 517 g/mol. The summed E-state index contributed by atoms with van der Waals surface area (Å²) in [5.74, 6) is 0. The van der Waals surface area contributed by atoms with Gasteiger partial charge in [-0.05, 0) is 19.3 Å². The molecule has 0 saturated heterocycles. The zero-order valence-corrected chi connectivity index (χ0v) is 21.4. The van der Waals surface area contributed by atoms with Gasteiger partial charge in [0, 0.05) is 25.8 Å². The van der Waals surface area contributed by atoms with Crippen LogP contribution in [0.25, 0.3) is 5.57 Å². The Morgan fingerprint density at radius 2 is 1.54 bits per heavy atom. The molecule has 4 rings (SSSR count). The normalized spacial score (nSPS) is 11.7. The molecule has 26 heavy (non-hydrogen) atoms. The molecule has 0 radical (unpaired) electrons. The molecule has 0 amide bonds. The molecule has 0 aromatic heterocycles. The van der Waals surface area contributed by atoms with E-state index in [9.17, 15) is 0 Å². The predicted molar refractivity (Wildman–Crippen MR) is 118 cm³/mol. The first-order valence-electron chi connectivity index (χ1n) is 7.80. The van der Waals surface area contributed by atoms with E-state index in [1.165, 1.54) is 43.2 Å². The molecule has 2 aromatic rings. The number of hydrogen-bond donors (Lipinski definition) is 0. The average Bonchev–Trinajstić information content (AvgIpc) is 3.21. The van der Waals surface area contributed by atoms with Crippen molar-refractivity contribution in [2.75, 3.05) is 0 Å². The maximum Gasteiger partial charge on any atom is 0 e. The number of rotatable bonds is 2. The fourth-order valence-corrected chi connectivity index (χ4v) is 3.31. The van der Waals surface area contributed by atoms with Crippen LogP contribution in [0.4, 0.5) is 0 Å². The van der Waals surface area contributed by atoms with Crippen molar-refractivity contribution in [1.82, 2.24) is 0 Å². The van der Waals surface area contributed by atoms with Gasteiger partial charge in [-0.15, -0.1) is 17.5 Å². The van der Waals surface area contributed by atoms with Gasteiger partial charge in [0.15, 0.2) is 0 Å². The predicted octanol–water partition coefficient (Wildman–Crippen LogP) is 7.37. The smallest absolute Gasteiger partial charge is 0 e. The largest absolute Gasteiger partial charge is 0.358 e. The Labute approximate surface area is 184 Å². The molecular formula is C25H37Hf-7. The summed E-state index contributed by atoms with van der Waals surface area (Å²) in [4.78, 5) is 0. The van der Waals surface area contributed by atoms with Crippen LogP contribution < -0.4 is 0 Å². The topological polar surface area (TPSA) is 0 Å². The van der Waals surface area contributed by atoms with Crippen LogP contribution in [-0.4, -0.2) is 0 Å². The zero-order valence-electron chi connectivity index (χ0n) is 17.8. The number of benzene rings is 1. The van der Waals surface area contributed by atoms with Gasteiger partial charge in [-0.2, -0.15) is 23.8 Å². The summed E-state index contributed by atoms with van der Waals surface area (Å²) in [5, 5.41) is 0. The summed E-state index contributed by atoms with van der Waals surface area (Å²) < 4.78 is 0. The second kappa shape index (κ2) is 16.4. The Morgan fingerprint density at radius 1 is 0.923 bits per heavy atom. The van der Waals surface area contributed by atoms with E-state index in [0.717, 1.165) is 6.42 Å². The van der Waals surface area contributed by atoms with Crippen molar-refractivity contribution in [1.29, 1.82) is 0 Å². The summed E-state index contributed by atoms with van der Waals surface area (Å²) in [6, 6.07) is 14.7. The van der Waals surface area contributed by atoms with Crippen LogP contribution in [0.1, 0.15) is 48.4 Å². The molecule has 0 bridgehead atoms. The Kier molecular flexibility index (Phi) is 20.7. The molecule has 0 unspecified atom stereocenters. The van der Waals surface area contributed by atoms with Crippen molar-refractivity contribution in [3.8, 4) is 0 Å². The van der Waals surface area contributed by atoms with E-state index >= 15 is 0 Å². The number of aryl methyl sites for hydroxylation is 1. The van der Waals surface area contributed by atoms with Crippen LogP contribution >= 0.6 is 0 Å². The maximum absolute atomic E-state index is 3.57. The van der Waals surface area contributed by atoms with Crippen LogP contribution in [0, 0.1) is 43.2 Å². The minimum absolute atomic E-state index is 0. The summed E-state index contributed by atoms with van der Waals surface area (Å²) in [7, 11) is 0. The molecule has 148 valence electrons. The Hall–Kier alpha value is -0.820. The molecule has 0 heterocycles. The molecule has 0 atom stereocenters. The van der Waals surface area contributed by atoms with Gasteiger partial charge in [-0.25, -0.2) is 17.7 Å². The number of fused-ring (bicyclic) bond motifs is 3. The second-order valence-corrected chi connectivity index (χ2v) is 5.64. The van der Waals surface area contributed by atoms with Gasteiger partial charge in [-0.1, -0.05) is 37.5 Å². The summed E-state index contributed by atoms with van der Waals surface area (Å²) >= 11 is 0. The molecule has 0 nitrogen and oxygen atoms in total. The van der Waals surface area contributed by atoms with E-state index < -0.39 is 0 Å². The number of allylic oxidation sites excluding steroid dienone is 2. The van der Waals surface area contributed by atoms with Gasteiger partial charge in [0.1, 0.15) is 0 Å². The summed E-state index contributed by atoms with van der Waals surface area (Å²) in [6.45, 7) is 2.26. The molecule has 1 heteroatoms. The fourth-order valence-electron chi connectivity index (χ4n) is 3.31. The summed E-state index contributed by atoms with van der Waals surface area (Å²) in [6.07, 6.45) is 11.0. The minimum atomic E-state index is 0. The van der Waals surface area contributed by atoms with Crippen LogP contribution in [-0.2, 0) is 45.1 Å². The van der Waals surface area contributed by atoms with Gasteiger partial charge in [0.05, 0.1) is 0 Å².